The Bertz CT molecular complexity index is 665. The van der Waals surface area contributed by atoms with Crippen LogP contribution in [0.15, 0.2) is 36.4 Å². The van der Waals surface area contributed by atoms with Crippen LogP contribution in [-0.4, -0.2) is 53.4 Å². The summed E-state index contributed by atoms with van der Waals surface area (Å²) in [4.78, 5) is 23.6. The second-order valence-electron chi connectivity index (χ2n) is 7.12. The van der Waals surface area contributed by atoms with Crippen LogP contribution in [0.1, 0.15) is 30.6 Å². The summed E-state index contributed by atoms with van der Waals surface area (Å²) in [6, 6.07) is 5.72. The number of thiol groups is 1. The van der Waals surface area contributed by atoms with E-state index in [2.05, 4.69) is 37.9 Å². The number of carbonyl (C=O) groups is 2. The monoisotopic (exact) mass is 440 g/mol. The summed E-state index contributed by atoms with van der Waals surface area (Å²) in [5.74, 6) is 1.05. The van der Waals surface area contributed by atoms with Crippen molar-refractivity contribution in [2.45, 2.75) is 32.4 Å². The third kappa shape index (κ3) is 9.60. The van der Waals surface area contributed by atoms with Crippen LogP contribution in [-0.2, 0) is 4.79 Å². The Kier molecular flexibility index (Phi) is 11.9. The van der Waals surface area contributed by atoms with E-state index >= 15 is 0 Å². The third-order valence-electron chi connectivity index (χ3n) is 4.45. The van der Waals surface area contributed by atoms with Gasteiger partial charge in [0.05, 0.1) is 6.61 Å². The van der Waals surface area contributed by atoms with Gasteiger partial charge in [0.15, 0.2) is 0 Å². The summed E-state index contributed by atoms with van der Waals surface area (Å²) in [6.45, 7) is 4.73. The Balaban J connectivity index is 2.66. The van der Waals surface area contributed by atoms with Crippen LogP contribution in [0, 0.1) is 11.8 Å². The lowest BCUT2D eigenvalue weighted by atomic mass is 9.96. The van der Waals surface area contributed by atoms with E-state index in [0.29, 0.717) is 41.8 Å². The predicted octanol–water partition coefficient (Wildman–Crippen LogP) is 3.09. The molecule has 0 saturated heterocycles. The number of carbonyl (C=O) groups excluding carboxylic acids is 1. The number of ether oxygens (including phenoxy) is 1. The number of carboxylic acid groups (broad SMARTS) is 1. The van der Waals surface area contributed by atoms with E-state index in [0.717, 1.165) is 0 Å². The molecule has 0 saturated carbocycles. The molecule has 0 bridgehead atoms. The van der Waals surface area contributed by atoms with Gasteiger partial charge in [-0.05, 0) is 48.6 Å². The van der Waals surface area contributed by atoms with Gasteiger partial charge in [-0.25, -0.2) is 4.79 Å². The smallest absolute Gasteiger partial charge is 0.326 e. The molecule has 0 spiro atoms. The Hall–Kier alpha value is -1.64. The van der Waals surface area contributed by atoms with Gasteiger partial charge in [0.1, 0.15) is 11.8 Å². The van der Waals surface area contributed by atoms with E-state index in [1.54, 1.807) is 36.0 Å². The number of thioether (sulfide) groups is 1. The van der Waals surface area contributed by atoms with Crippen LogP contribution >= 0.6 is 24.4 Å². The zero-order chi connectivity index (χ0) is 21.8. The maximum atomic E-state index is 12.3. The van der Waals surface area contributed by atoms with Crippen molar-refractivity contribution in [1.82, 2.24) is 5.32 Å². The first kappa shape index (κ1) is 25.4. The summed E-state index contributed by atoms with van der Waals surface area (Å²) in [6.07, 6.45) is 6.29. The maximum absolute atomic E-state index is 12.3. The van der Waals surface area contributed by atoms with Crippen molar-refractivity contribution in [2.75, 3.05) is 24.4 Å². The van der Waals surface area contributed by atoms with Gasteiger partial charge < -0.3 is 20.9 Å². The van der Waals surface area contributed by atoms with Gasteiger partial charge in [0.25, 0.3) is 5.91 Å². The number of aliphatic carboxylic acids is 1. The molecule has 1 aromatic rings. The third-order valence-corrected chi connectivity index (χ3v) is 5.51. The number of hydrogen-bond donors (Lipinski definition) is 4. The molecule has 6 nitrogen and oxygen atoms in total. The van der Waals surface area contributed by atoms with Gasteiger partial charge in [-0.1, -0.05) is 26.0 Å². The average Bonchev–Trinajstić information content (AvgIpc) is 2.70. The van der Waals surface area contributed by atoms with Crippen LogP contribution in [0.25, 0.3) is 0 Å². The molecule has 3 unspecified atom stereocenters. The highest BCUT2D eigenvalue weighted by atomic mass is 32.2. The van der Waals surface area contributed by atoms with Crippen LogP contribution < -0.4 is 15.8 Å². The van der Waals surface area contributed by atoms with Crippen molar-refractivity contribution in [2.24, 2.45) is 17.6 Å². The molecule has 0 aliphatic rings. The molecule has 1 rings (SSSR count). The fraction of sp³-hybridized carbons (Fsp3) is 0.524. The minimum atomic E-state index is -1.03. The van der Waals surface area contributed by atoms with E-state index in [1.165, 1.54) is 0 Å². The fourth-order valence-corrected chi connectivity index (χ4v) is 3.04. The SMILES string of the molecule is CSCCC(NC(=O)c1ccc(OCC(C=CC(N)CS)C(C)C)cc1)C(=O)O. The molecule has 1 aromatic carbocycles. The zero-order valence-electron chi connectivity index (χ0n) is 17.2. The summed E-state index contributed by atoms with van der Waals surface area (Å²) >= 11 is 5.72. The summed E-state index contributed by atoms with van der Waals surface area (Å²) in [7, 11) is 0. The topological polar surface area (TPSA) is 102 Å². The largest absolute Gasteiger partial charge is 0.493 e. The maximum Gasteiger partial charge on any atom is 0.326 e. The molecule has 0 aliphatic heterocycles. The lowest BCUT2D eigenvalue weighted by molar-refractivity contribution is -0.139. The summed E-state index contributed by atoms with van der Waals surface area (Å²) < 4.78 is 5.86. The molecule has 29 heavy (non-hydrogen) atoms. The molecular formula is C21H32N2O4S2. The molecule has 162 valence electrons. The quantitative estimate of drug-likeness (QED) is 0.278. The van der Waals surface area contributed by atoms with Crippen LogP contribution in [0.4, 0.5) is 0 Å². The zero-order valence-corrected chi connectivity index (χ0v) is 18.9. The Morgan fingerprint density at radius 1 is 1.28 bits per heavy atom. The molecule has 0 fully saturated rings. The second-order valence-corrected chi connectivity index (χ2v) is 8.47. The number of hydrogen-bond acceptors (Lipinski definition) is 6. The Labute approximate surface area is 183 Å². The minimum Gasteiger partial charge on any atom is -0.493 e. The van der Waals surface area contributed by atoms with Crippen molar-refractivity contribution >= 4 is 36.3 Å². The van der Waals surface area contributed by atoms with Crippen molar-refractivity contribution in [3.05, 3.63) is 42.0 Å². The highest BCUT2D eigenvalue weighted by Gasteiger charge is 2.20. The van der Waals surface area contributed by atoms with E-state index in [1.807, 2.05) is 12.3 Å². The molecule has 0 aliphatic carbocycles. The number of carboxylic acids is 1. The van der Waals surface area contributed by atoms with Crippen LogP contribution in [0.2, 0.25) is 0 Å². The van der Waals surface area contributed by atoms with Gasteiger partial charge in [0, 0.05) is 23.3 Å². The standard InChI is InChI=1S/C21H32N2O4S2/c1-14(2)16(4-7-17(22)13-28)12-27-18-8-5-15(6-9-18)20(24)23-19(21(25)26)10-11-29-3/h4-9,14,16-17,19,28H,10-13,22H2,1-3H3,(H,23,24)(H,25,26). The first-order valence-electron chi connectivity index (χ1n) is 9.58. The normalized spacial score (nSPS) is 14.6. The molecule has 0 aromatic heterocycles. The Morgan fingerprint density at radius 2 is 1.93 bits per heavy atom. The molecule has 0 radical (unpaired) electrons. The number of nitrogens with two attached hydrogens (primary N) is 1. The molecule has 4 N–H and O–H groups in total. The number of rotatable bonds is 13. The molecular weight excluding hydrogens is 408 g/mol. The van der Waals surface area contributed by atoms with E-state index in [4.69, 9.17) is 10.5 Å². The number of nitrogens with one attached hydrogen (secondary N) is 1. The lowest BCUT2D eigenvalue weighted by Gasteiger charge is -2.18. The van der Waals surface area contributed by atoms with Gasteiger partial charge in [-0.2, -0.15) is 24.4 Å². The first-order valence-corrected chi connectivity index (χ1v) is 11.6. The fourth-order valence-electron chi connectivity index (χ4n) is 2.45. The van der Waals surface area contributed by atoms with E-state index in [9.17, 15) is 14.7 Å². The predicted molar refractivity (Wildman–Crippen MR) is 123 cm³/mol. The van der Waals surface area contributed by atoms with Gasteiger partial charge >= 0.3 is 5.97 Å². The minimum absolute atomic E-state index is 0.0806. The second kappa shape index (κ2) is 13.6. The van der Waals surface area contributed by atoms with Crippen LogP contribution in [0.3, 0.4) is 0 Å². The van der Waals surface area contributed by atoms with Gasteiger partial charge in [-0.15, -0.1) is 0 Å². The number of amides is 1. The highest BCUT2D eigenvalue weighted by molar-refractivity contribution is 7.98. The van der Waals surface area contributed by atoms with Crippen molar-refractivity contribution < 1.29 is 19.4 Å². The van der Waals surface area contributed by atoms with Gasteiger partial charge in [0.2, 0.25) is 0 Å². The molecule has 8 heteroatoms. The molecule has 3 atom stereocenters. The van der Waals surface area contributed by atoms with E-state index in [-0.39, 0.29) is 12.0 Å². The van der Waals surface area contributed by atoms with Crippen molar-refractivity contribution in [3.8, 4) is 5.75 Å². The Morgan fingerprint density at radius 3 is 2.45 bits per heavy atom. The lowest BCUT2D eigenvalue weighted by Crippen LogP contribution is -2.41. The van der Waals surface area contributed by atoms with Crippen molar-refractivity contribution in [3.63, 3.8) is 0 Å². The summed E-state index contributed by atoms with van der Waals surface area (Å²) in [5, 5.41) is 11.8. The summed E-state index contributed by atoms with van der Waals surface area (Å²) in [5.41, 5.74) is 6.27. The van der Waals surface area contributed by atoms with Gasteiger partial charge in [-0.3, -0.25) is 4.79 Å². The highest BCUT2D eigenvalue weighted by Crippen LogP contribution is 2.18. The number of benzene rings is 1. The van der Waals surface area contributed by atoms with Crippen LogP contribution in [0.5, 0.6) is 5.75 Å². The molecule has 1 amide bonds. The molecule has 0 heterocycles. The first-order chi connectivity index (χ1) is 13.8. The van der Waals surface area contributed by atoms with E-state index < -0.39 is 17.9 Å². The average molecular weight is 441 g/mol. The van der Waals surface area contributed by atoms with Crippen molar-refractivity contribution in [1.29, 1.82) is 0 Å².